The maximum absolute atomic E-state index is 2.58. The Labute approximate surface area is 410 Å². The third-order valence-electron chi connectivity index (χ3n) is 16.1. The van der Waals surface area contributed by atoms with Crippen molar-refractivity contribution >= 4 is 55.9 Å². The van der Waals surface area contributed by atoms with Crippen LogP contribution in [-0.2, 0) is 18.3 Å². The van der Waals surface area contributed by atoms with E-state index in [9.17, 15) is 0 Å². The molecule has 11 aromatic rings. The number of rotatable bonds is 9. The van der Waals surface area contributed by atoms with Gasteiger partial charge in [0.15, 0.2) is 0 Å². The average Bonchev–Trinajstić information content (AvgIpc) is 4.16. The molecule has 0 amide bonds. The molecule has 1 spiro atoms. The minimum absolute atomic E-state index is 0.171. The number of para-hydroxylation sites is 4. The molecule has 1 heterocycles. The van der Waals surface area contributed by atoms with Gasteiger partial charge in [-0.25, -0.2) is 0 Å². The molecule has 3 aliphatic carbocycles. The Bertz CT molecular complexity index is 3720. The first kappa shape index (κ1) is 40.6. The van der Waals surface area contributed by atoms with Crippen LogP contribution >= 0.6 is 0 Å². The van der Waals surface area contributed by atoms with Crippen molar-refractivity contribution in [2.75, 3.05) is 9.80 Å². The summed E-state index contributed by atoms with van der Waals surface area (Å²) in [5, 5.41) is 2.52. The SMILES string of the molecule is c1ccc(-c2ccccc2-c2ccc(N(c3ccccc3)c3cccc4c3C35c6c(cccc6N(c6ccccc6)c6ccc7c8ccccc8n(-c8ccccc8)c7c6)CC3CCC5C4)cc2)cc1. The van der Waals surface area contributed by atoms with Crippen LogP contribution < -0.4 is 9.80 Å². The topological polar surface area (TPSA) is 11.4 Å². The standard InChI is InChI=1S/C67H51N3/c1-5-19-46(20-6-1)57-29-13-14-30-58(57)47-35-39-55(40-36-47)68(52-23-7-2-8-24-52)62-33-17-21-48-43-50-37-38-51-44-49-22-18-34-63(66(49)67(50,51)65(48)62)69(53-25-9-3-10-26-53)56-41-42-60-59-31-15-16-32-61(59)70(64(60)45-56)54-27-11-4-12-28-54/h1-36,39-42,45,50-51H,37-38,43-44H2. The van der Waals surface area contributed by atoms with E-state index in [-0.39, 0.29) is 5.41 Å². The zero-order chi connectivity index (χ0) is 46.2. The molecule has 3 aliphatic rings. The lowest BCUT2D eigenvalue weighted by molar-refractivity contribution is 0.350. The second-order valence-electron chi connectivity index (χ2n) is 19.6. The van der Waals surface area contributed by atoms with Crippen molar-refractivity contribution < 1.29 is 0 Å². The molecule has 334 valence electrons. The summed E-state index contributed by atoms with van der Waals surface area (Å²) >= 11 is 0. The smallest absolute Gasteiger partial charge is 0.0561 e. The van der Waals surface area contributed by atoms with Crippen molar-refractivity contribution in [2.24, 2.45) is 11.8 Å². The lowest BCUT2D eigenvalue weighted by Crippen LogP contribution is -2.34. The average molecular weight is 898 g/mol. The van der Waals surface area contributed by atoms with Gasteiger partial charge in [0.25, 0.3) is 0 Å². The number of benzene rings is 10. The quantitative estimate of drug-likeness (QED) is 0.143. The molecule has 0 N–H and O–H groups in total. The molecular weight excluding hydrogens is 847 g/mol. The van der Waals surface area contributed by atoms with Crippen molar-refractivity contribution in [2.45, 2.75) is 31.1 Å². The summed E-state index contributed by atoms with van der Waals surface area (Å²) in [6, 6.07) is 92.3. The van der Waals surface area contributed by atoms with Crippen LogP contribution in [0, 0.1) is 11.8 Å². The van der Waals surface area contributed by atoms with Gasteiger partial charge in [0, 0.05) is 44.6 Å². The Kier molecular flexibility index (Phi) is 9.52. The molecule has 0 saturated heterocycles. The van der Waals surface area contributed by atoms with E-state index in [1.807, 2.05) is 0 Å². The van der Waals surface area contributed by atoms with Crippen LogP contribution in [0.2, 0.25) is 0 Å². The fourth-order valence-corrected chi connectivity index (χ4v) is 13.4. The molecule has 70 heavy (non-hydrogen) atoms. The summed E-state index contributed by atoms with van der Waals surface area (Å²) in [6.07, 6.45) is 4.61. The monoisotopic (exact) mass is 897 g/mol. The van der Waals surface area contributed by atoms with Crippen LogP contribution in [0.15, 0.2) is 249 Å². The van der Waals surface area contributed by atoms with E-state index in [0.29, 0.717) is 11.8 Å². The van der Waals surface area contributed by atoms with Crippen LogP contribution in [0.4, 0.5) is 34.1 Å². The van der Waals surface area contributed by atoms with E-state index >= 15 is 0 Å². The van der Waals surface area contributed by atoms with Gasteiger partial charge in [-0.2, -0.15) is 0 Å². The lowest BCUT2D eigenvalue weighted by atomic mass is 9.68. The van der Waals surface area contributed by atoms with E-state index in [1.54, 1.807) is 0 Å². The fourth-order valence-electron chi connectivity index (χ4n) is 13.4. The molecule has 1 fully saturated rings. The summed E-state index contributed by atoms with van der Waals surface area (Å²) in [7, 11) is 0. The van der Waals surface area contributed by atoms with E-state index in [4.69, 9.17) is 0 Å². The Balaban J connectivity index is 0.962. The fraction of sp³-hybridized carbons (Fsp3) is 0.104. The van der Waals surface area contributed by atoms with Crippen molar-refractivity contribution in [1.29, 1.82) is 0 Å². The van der Waals surface area contributed by atoms with Gasteiger partial charge in [-0.15, -0.1) is 0 Å². The molecular formula is C67H51N3. The predicted octanol–water partition coefficient (Wildman–Crippen LogP) is 17.5. The number of nitrogens with zero attached hydrogens (tertiary/aromatic N) is 3. The van der Waals surface area contributed by atoms with Crippen LogP contribution in [0.25, 0.3) is 49.7 Å². The Hall–Kier alpha value is -8.40. The molecule has 0 aliphatic heterocycles. The van der Waals surface area contributed by atoms with Gasteiger partial charge in [0.2, 0.25) is 0 Å². The highest BCUT2D eigenvalue weighted by molar-refractivity contribution is 6.10. The summed E-state index contributed by atoms with van der Waals surface area (Å²) in [5.41, 5.74) is 21.6. The van der Waals surface area contributed by atoms with Crippen LogP contribution in [0.1, 0.15) is 35.1 Å². The number of hydrogen-bond donors (Lipinski definition) is 0. The molecule has 3 nitrogen and oxygen atoms in total. The van der Waals surface area contributed by atoms with Gasteiger partial charge in [-0.05, 0) is 161 Å². The Morgan fingerprint density at radius 1 is 0.357 bits per heavy atom. The summed E-state index contributed by atoms with van der Waals surface area (Å²) in [6.45, 7) is 0. The van der Waals surface area contributed by atoms with Crippen molar-refractivity contribution in [3.63, 3.8) is 0 Å². The molecule has 3 heteroatoms. The zero-order valence-electron chi connectivity index (χ0n) is 39.0. The highest BCUT2D eigenvalue weighted by Crippen LogP contribution is 2.69. The highest BCUT2D eigenvalue weighted by atomic mass is 15.2. The second-order valence-corrected chi connectivity index (χ2v) is 19.6. The van der Waals surface area contributed by atoms with Crippen molar-refractivity contribution in [3.05, 3.63) is 271 Å². The van der Waals surface area contributed by atoms with Gasteiger partial charge >= 0.3 is 0 Å². The second kappa shape index (κ2) is 16.4. The number of anilines is 6. The van der Waals surface area contributed by atoms with Gasteiger partial charge < -0.3 is 14.4 Å². The molecule has 1 aromatic heterocycles. The summed E-state index contributed by atoms with van der Waals surface area (Å²) in [5.74, 6) is 0.984. The number of aromatic nitrogens is 1. The molecule has 0 radical (unpaired) electrons. The summed E-state index contributed by atoms with van der Waals surface area (Å²) in [4.78, 5) is 5.14. The van der Waals surface area contributed by atoms with Crippen LogP contribution in [-0.4, -0.2) is 4.57 Å². The number of fused-ring (bicyclic) bond motifs is 5. The highest BCUT2D eigenvalue weighted by Gasteiger charge is 2.62. The third kappa shape index (κ3) is 6.21. The first-order chi connectivity index (χ1) is 34.7. The third-order valence-corrected chi connectivity index (χ3v) is 16.1. The largest absolute Gasteiger partial charge is 0.310 e. The van der Waals surface area contributed by atoms with Gasteiger partial charge in [-0.1, -0.05) is 170 Å². The van der Waals surface area contributed by atoms with Gasteiger partial charge in [-0.3, -0.25) is 0 Å². The molecule has 3 atom stereocenters. The first-order valence-electron chi connectivity index (χ1n) is 25.0. The van der Waals surface area contributed by atoms with Gasteiger partial charge in [0.05, 0.1) is 22.4 Å². The molecule has 3 unspecified atom stereocenters. The maximum atomic E-state index is 2.58. The molecule has 10 aromatic carbocycles. The normalized spacial score (nSPS) is 17.5. The molecule has 1 saturated carbocycles. The van der Waals surface area contributed by atoms with E-state index in [1.165, 1.54) is 102 Å². The van der Waals surface area contributed by atoms with Crippen LogP contribution in [0.5, 0.6) is 0 Å². The van der Waals surface area contributed by atoms with Crippen molar-refractivity contribution in [1.82, 2.24) is 4.57 Å². The molecule has 0 bridgehead atoms. The Morgan fingerprint density at radius 3 is 1.41 bits per heavy atom. The van der Waals surface area contributed by atoms with Crippen molar-refractivity contribution in [3.8, 4) is 27.9 Å². The lowest BCUT2D eigenvalue weighted by Gasteiger charge is -2.40. The minimum atomic E-state index is -0.171. The minimum Gasteiger partial charge on any atom is -0.310 e. The predicted molar refractivity (Wildman–Crippen MR) is 292 cm³/mol. The Morgan fingerprint density at radius 2 is 0.814 bits per heavy atom. The molecule has 14 rings (SSSR count). The number of hydrogen-bond acceptors (Lipinski definition) is 2. The summed E-state index contributed by atoms with van der Waals surface area (Å²) < 4.78 is 2.45. The van der Waals surface area contributed by atoms with E-state index < -0.39 is 0 Å². The van der Waals surface area contributed by atoms with Gasteiger partial charge in [0.1, 0.15) is 0 Å². The zero-order valence-corrected chi connectivity index (χ0v) is 39.0. The van der Waals surface area contributed by atoms with Crippen LogP contribution in [0.3, 0.4) is 0 Å². The van der Waals surface area contributed by atoms with E-state index in [0.717, 1.165) is 29.9 Å². The van der Waals surface area contributed by atoms with E-state index in [2.05, 4.69) is 263 Å². The first-order valence-corrected chi connectivity index (χ1v) is 25.0. The maximum Gasteiger partial charge on any atom is 0.0561 e.